The molecule has 4 rings (SSSR count). The fourth-order valence-corrected chi connectivity index (χ4v) is 4.06. The third-order valence-electron chi connectivity index (χ3n) is 4.87. The molecule has 116 valence electrons. The molecule has 1 N–H and O–H groups in total. The highest BCUT2D eigenvalue weighted by Gasteiger charge is 2.29. The molecule has 0 bridgehead atoms. The third-order valence-corrected chi connectivity index (χ3v) is 5.54. The number of para-hydroxylation sites is 1. The van der Waals surface area contributed by atoms with Gasteiger partial charge in [0, 0.05) is 22.5 Å². The van der Waals surface area contributed by atoms with Crippen molar-refractivity contribution in [2.24, 2.45) is 0 Å². The van der Waals surface area contributed by atoms with E-state index in [1.165, 1.54) is 43.0 Å². The van der Waals surface area contributed by atoms with Crippen LogP contribution in [0.1, 0.15) is 30.0 Å². The van der Waals surface area contributed by atoms with Crippen molar-refractivity contribution in [1.29, 1.82) is 0 Å². The maximum Gasteiger partial charge on any atom is 0.133 e. The van der Waals surface area contributed by atoms with E-state index in [0.29, 0.717) is 5.92 Å². The van der Waals surface area contributed by atoms with Gasteiger partial charge in [-0.1, -0.05) is 12.1 Å². The Hall–Kier alpha value is -1.33. The Morgan fingerprint density at radius 3 is 2.77 bits per heavy atom. The molecule has 0 spiro atoms. The molecular weight excluding hydrogens is 340 g/mol. The number of nitrogens with one attached hydrogen (secondary N) is 1. The van der Waals surface area contributed by atoms with E-state index in [2.05, 4.69) is 56.1 Å². The molecule has 5 heteroatoms. The number of benzene rings is 1. The minimum Gasteiger partial charge on any atom is -0.369 e. The number of fused-ring (bicyclic) bond motifs is 1. The van der Waals surface area contributed by atoms with Crippen LogP contribution in [0.15, 0.2) is 28.7 Å². The van der Waals surface area contributed by atoms with E-state index in [1.54, 1.807) is 0 Å². The Bertz CT molecular complexity index is 686. The van der Waals surface area contributed by atoms with Crippen LogP contribution in [-0.2, 0) is 6.42 Å². The Kier molecular flexibility index (Phi) is 3.70. The molecule has 0 saturated carbocycles. The van der Waals surface area contributed by atoms with Crippen molar-refractivity contribution in [3.8, 4) is 5.69 Å². The second kappa shape index (κ2) is 5.70. The van der Waals surface area contributed by atoms with Crippen molar-refractivity contribution in [2.45, 2.75) is 25.2 Å². The van der Waals surface area contributed by atoms with E-state index in [-0.39, 0.29) is 0 Å². The number of rotatable bonds is 2. The van der Waals surface area contributed by atoms with Gasteiger partial charge in [-0.05, 0) is 67.5 Å². The first kappa shape index (κ1) is 14.3. The van der Waals surface area contributed by atoms with Crippen molar-refractivity contribution < 1.29 is 0 Å². The first-order chi connectivity index (χ1) is 10.7. The summed E-state index contributed by atoms with van der Waals surface area (Å²) in [4.78, 5) is 2.42. The fourth-order valence-electron chi connectivity index (χ4n) is 3.61. The van der Waals surface area contributed by atoms with Gasteiger partial charge in [0.05, 0.1) is 11.4 Å². The fraction of sp³-hybridized carbons (Fsp3) is 0.471. The van der Waals surface area contributed by atoms with Crippen LogP contribution in [0.2, 0.25) is 0 Å². The van der Waals surface area contributed by atoms with Gasteiger partial charge in [0.15, 0.2) is 0 Å². The van der Waals surface area contributed by atoms with Crippen LogP contribution in [0.25, 0.3) is 5.69 Å². The smallest absolute Gasteiger partial charge is 0.133 e. The van der Waals surface area contributed by atoms with E-state index < -0.39 is 0 Å². The zero-order valence-corrected chi connectivity index (χ0v) is 14.4. The van der Waals surface area contributed by atoms with Crippen molar-refractivity contribution >= 4 is 21.7 Å². The molecule has 0 unspecified atom stereocenters. The van der Waals surface area contributed by atoms with E-state index in [4.69, 9.17) is 5.10 Å². The van der Waals surface area contributed by atoms with Crippen LogP contribution in [0.5, 0.6) is 0 Å². The van der Waals surface area contributed by atoms with Crippen molar-refractivity contribution in [2.75, 3.05) is 32.0 Å². The van der Waals surface area contributed by atoms with E-state index in [1.807, 2.05) is 6.07 Å². The SMILES string of the molecule is CN1CCC(c2nn(-c3ccccc3Br)c3c2CCN3)CC1. The molecule has 1 aromatic carbocycles. The van der Waals surface area contributed by atoms with Crippen molar-refractivity contribution in [3.63, 3.8) is 0 Å². The van der Waals surface area contributed by atoms with Gasteiger partial charge in [0.2, 0.25) is 0 Å². The summed E-state index contributed by atoms with van der Waals surface area (Å²) in [7, 11) is 2.21. The number of halogens is 1. The molecule has 2 aromatic rings. The topological polar surface area (TPSA) is 33.1 Å². The van der Waals surface area contributed by atoms with Gasteiger partial charge < -0.3 is 10.2 Å². The van der Waals surface area contributed by atoms with Gasteiger partial charge in [0.1, 0.15) is 5.82 Å². The summed E-state index contributed by atoms with van der Waals surface area (Å²) in [5.74, 6) is 1.80. The van der Waals surface area contributed by atoms with Gasteiger partial charge in [0.25, 0.3) is 0 Å². The third kappa shape index (κ3) is 2.36. The summed E-state index contributed by atoms with van der Waals surface area (Å²) in [5, 5.41) is 8.55. The van der Waals surface area contributed by atoms with Crippen LogP contribution in [0.4, 0.5) is 5.82 Å². The maximum absolute atomic E-state index is 5.02. The molecule has 0 atom stereocenters. The normalized spacial score (nSPS) is 19.2. The first-order valence-corrected chi connectivity index (χ1v) is 8.82. The summed E-state index contributed by atoms with van der Waals surface area (Å²) < 4.78 is 3.18. The lowest BCUT2D eigenvalue weighted by Gasteiger charge is -2.28. The molecule has 3 heterocycles. The van der Waals surface area contributed by atoms with Crippen molar-refractivity contribution in [3.05, 3.63) is 40.0 Å². The summed E-state index contributed by atoms with van der Waals surface area (Å²) in [5.41, 5.74) is 3.88. The van der Waals surface area contributed by atoms with Gasteiger partial charge in [-0.3, -0.25) is 0 Å². The molecule has 4 nitrogen and oxygen atoms in total. The van der Waals surface area contributed by atoms with Gasteiger partial charge in [-0.25, -0.2) is 4.68 Å². The molecular formula is C17H21BrN4. The number of hydrogen-bond acceptors (Lipinski definition) is 3. The highest BCUT2D eigenvalue weighted by molar-refractivity contribution is 9.10. The van der Waals surface area contributed by atoms with Gasteiger partial charge in [-0.2, -0.15) is 5.10 Å². The average molecular weight is 361 g/mol. The maximum atomic E-state index is 5.02. The molecule has 2 aliphatic heterocycles. The number of aromatic nitrogens is 2. The lowest BCUT2D eigenvalue weighted by molar-refractivity contribution is 0.252. The zero-order chi connectivity index (χ0) is 15.1. The summed E-state index contributed by atoms with van der Waals surface area (Å²) >= 11 is 3.66. The van der Waals surface area contributed by atoms with Crippen LogP contribution in [0.3, 0.4) is 0 Å². The highest BCUT2D eigenvalue weighted by Crippen LogP contribution is 2.37. The Morgan fingerprint density at radius 1 is 1.23 bits per heavy atom. The predicted octanol–water partition coefficient (Wildman–Crippen LogP) is 3.41. The largest absolute Gasteiger partial charge is 0.369 e. The number of piperidine rings is 1. The van der Waals surface area contributed by atoms with Crippen LogP contribution < -0.4 is 5.32 Å². The molecule has 22 heavy (non-hydrogen) atoms. The molecule has 1 aromatic heterocycles. The van der Waals surface area contributed by atoms with E-state index in [0.717, 1.165) is 23.1 Å². The Morgan fingerprint density at radius 2 is 2.00 bits per heavy atom. The minimum absolute atomic E-state index is 0.605. The predicted molar refractivity (Wildman–Crippen MR) is 92.9 cm³/mol. The van der Waals surface area contributed by atoms with Gasteiger partial charge in [-0.15, -0.1) is 0 Å². The van der Waals surface area contributed by atoms with E-state index >= 15 is 0 Å². The summed E-state index contributed by atoms with van der Waals surface area (Å²) in [6.07, 6.45) is 3.54. The lowest BCUT2D eigenvalue weighted by Crippen LogP contribution is -2.29. The molecule has 1 fully saturated rings. The summed E-state index contributed by atoms with van der Waals surface area (Å²) in [6, 6.07) is 8.31. The molecule has 1 saturated heterocycles. The highest BCUT2D eigenvalue weighted by atomic mass is 79.9. The van der Waals surface area contributed by atoms with Crippen LogP contribution in [-0.4, -0.2) is 41.4 Å². The lowest BCUT2D eigenvalue weighted by atomic mass is 9.91. The van der Waals surface area contributed by atoms with Crippen LogP contribution in [0, 0.1) is 0 Å². The monoisotopic (exact) mass is 360 g/mol. The number of anilines is 1. The molecule has 0 amide bonds. The average Bonchev–Trinajstić information content (AvgIpc) is 3.11. The van der Waals surface area contributed by atoms with Gasteiger partial charge >= 0.3 is 0 Å². The Balaban J connectivity index is 1.76. The Labute approximate surface area is 139 Å². The standard InChI is InChI=1S/C17H21BrN4/c1-21-10-7-12(8-11-21)16-13-6-9-19-17(13)22(20-16)15-5-3-2-4-14(15)18/h2-5,12,19H,6-11H2,1H3. The first-order valence-electron chi connectivity index (χ1n) is 8.03. The minimum atomic E-state index is 0.605. The zero-order valence-electron chi connectivity index (χ0n) is 12.8. The second-order valence-electron chi connectivity index (χ2n) is 6.33. The second-order valence-corrected chi connectivity index (χ2v) is 7.18. The number of hydrogen-bond donors (Lipinski definition) is 1. The number of nitrogens with zero attached hydrogens (tertiary/aromatic N) is 3. The van der Waals surface area contributed by atoms with Crippen LogP contribution >= 0.6 is 15.9 Å². The molecule has 0 aliphatic carbocycles. The number of likely N-dealkylation sites (tertiary alicyclic amines) is 1. The summed E-state index contributed by atoms with van der Waals surface area (Å²) in [6.45, 7) is 3.38. The quantitative estimate of drug-likeness (QED) is 0.890. The van der Waals surface area contributed by atoms with E-state index in [9.17, 15) is 0 Å². The molecule has 0 radical (unpaired) electrons. The molecule has 2 aliphatic rings. The van der Waals surface area contributed by atoms with Crippen molar-refractivity contribution in [1.82, 2.24) is 14.7 Å².